The summed E-state index contributed by atoms with van der Waals surface area (Å²) in [7, 11) is 4.54. The lowest BCUT2D eigenvalue weighted by Gasteiger charge is -2.24. The number of benzene rings is 1. The largest absolute Gasteiger partial charge is 0.496 e. The van der Waals surface area contributed by atoms with Crippen molar-refractivity contribution in [3.63, 3.8) is 0 Å². The second-order valence-electron chi connectivity index (χ2n) is 8.11. The van der Waals surface area contributed by atoms with Gasteiger partial charge in [0.05, 0.1) is 40.0 Å². The second kappa shape index (κ2) is 9.72. The van der Waals surface area contributed by atoms with E-state index in [9.17, 15) is 14.4 Å². The van der Waals surface area contributed by atoms with Gasteiger partial charge >= 0.3 is 5.97 Å². The Kier molecular flexibility index (Phi) is 7.54. The van der Waals surface area contributed by atoms with E-state index in [0.717, 1.165) is 4.90 Å². The molecule has 31 heavy (non-hydrogen) atoms. The minimum absolute atomic E-state index is 0.0147. The van der Waals surface area contributed by atoms with Crippen LogP contribution in [0.1, 0.15) is 26.3 Å². The Bertz CT molecular complexity index is 848. The molecule has 0 saturated carbocycles. The molecule has 1 heterocycles. The second-order valence-corrected chi connectivity index (χ2v) is 8.11. The third-order valence-electron chi connectivity index (χ3n) is 4.56. The molecule has 9 nitrogen and oxygen atoms in total. The van der Waals surface area contributed by atoms with Crippen LogP contribution in [0, 0.1) is 0 Å². The number of carbonyl (C=O) groups excluding carboxylic acids is 3. The fourth-order valence-corrected chi connectivity index (χ4v) is 3.17. The molecule has 9 heteroatoms. The Hall–Kier alpha value is -3.23. The van der Waals surface area contributed by atoms with Crippen molar-refractivity contribution in [2.45, 2.75) is 32.9 Å². The van der Waals surface area contributed by atoms with Crippen LogP contribution < -0.4 is 14.2 Å². The van der Waals surface area contributed by atoms with Crippen LogP contribution in [0.4, 0.5) is 0 Å². The molecular formula is C22H30N2O7. The van der Waals surface area contributed by atoms with Crippen molar-refractivity contribution in [2.24, 2.45) is 0 Å². The third kappa shape index (κ3) is 6.13. The molecule has 0 radical (unpaired) electrons. The van der Waals surface area contributed by atoms with Gasteiger partial charge in [-0.25, -0.2) is 0 Å². The van der Waals surface area contributed by atoms with Crippen LogP contribution in [0.15, 0.2) is 24.3 Å². The zero-order valence-corrected chi connectivity index (χ0v) is 18.9. The van der Waals surface area contributed by atoms with E-state index < -0.39 is 17.5 Å². The molecule has 1 aliphatic rings. The molecule has 0 unspecified atom stereocenters. The van der Waals surface area contributed by atoms with Gasteiger partial charge in [-0.2, -0.15) is 0 Å². The van der Waals surface area contributed by atoms with Crippen molar-refractivity contribution in [1.29, 1.82) is 0 Å². The molecule has 0 aromatic heterocycles. The lowest BCUT2D eigenvalue weighted by molar-refractivity contribution is -0.158. The summed E-state index contributed by atoms with van der Waals surface area (Å²) in [5.41, 5.74) is 0.126. The van der Waals surface area contributed by atoms with E-state index in [2.05, 4.69) is 6.58 Å². The van der Waals surface area contributed by atoms with Crippen LogP contribution in [0.3, 0.4) is 0 Å². The maximum atomic E-state index is 12.9. The SMILES string of the molecule is C=C1CN(Cc2c(OC)cc(OC)cc2OC)C(=O)CN(CC(=O)OC(C)(C)C)C1=O. The molecular weight excluding hydrogens is 404 g/mol. The smallest absolute Gasteiger partial charge is 0.326 e. The van der Waals surface area contributed by atoms with E-state index in [4.69, 9.17) is 18.9 Å². The Morgan fingerprint density at radius 1 is 1.00 bits per heavy atom. The van der Waals surface area contributed by atoms with Gasteiger partial charge in [0, 0.05) is 17.7 Å². The van der Waals surface area contributed by atoms with Gasteiger partial charge in [0.25, 0.3) is 5.91 Å². The molecule has 0 aliphatic carbocycles. The Morgan fingerprint density at radius 3 is 2.06 bits per heavy atom. The van der Waals surface area contributed by atoms with Crippen molar-refractivity contribution >= 4 is 17.8 Å². The number of hydrogen-bond acceptors (Lipinski definition) is 7. The summed E-state index contributed by atoms with van der Waals surface area (Å²) in [4.78, 5) is 40.4. The summed E-state index contributed by atoms with van der Waals surface area (Å²) in [5.74, 6) is 0.119. The van der Waals surface area contributed by atoms with Crippen LogP contribution in [0.5, 0.6) is 17.2 Å². The number of hydrogen-bond donors (Lipinski definition) is 0. The minimum Gasteiger partial charge on any atom is -0.496 e. The number of rotatable bonds is 7. The number of esters is 1. The van der Waals surface area contributed by atoms with Crippen molar-refractivity contribution < 1.29 is 33.3 Å². The van der Waals surface area contributed by atoms with Gasteiger partial charge in [-0.1, -0.05) is 6.58 Å². The Balaban J connectivity index is 2.26. The van der Waals surface area contributed by atoms with E-state index in [-0.39, 0.29) is 37.7 Å². The highest BCUT2D eigenvalue weighted by atomic mass is 16.6. The van der Waals surface area contributed by atoms with Crippen LogP contribution in [0.2, 0.25) is 0 Å². The first-order chi connectivity index (χ1) is 14.5. The van der Waals surface area contributed by atoms with Gasteiger partial charge in [-0.15, -0.1) is 0 Å². The lowest BCUT2D eigenvalue weighted by atomic mass is 10.1. The third-order valence-corrected chi connectivity index (χ3v) is 4.56. The molecule has 0 N–H and O–H groups in total. The first-order valence-electron chi connectivity index (χ1n) is 9.74. The summed E-state index contributed by atoms with van der Waals surface area (Å²) in [6.07, 6.45) is 0. The fraction of sp³-hybridized carbons (Fsp3) is 0.500. The molecule has 2 rings (SSSR count). The number of nitrogens with zero attached hydrogens (tertiary/aromatic N) is 2. The van der Waals surface area contributed by atoms with Gasteiger partial charge in [0.1, 0.15) is 35.9 Å². The van der Waals surface area contributed by atoms with E-state index in [1.165, 1.54) is 26.2 Å². The van der Waals surface area contributed by atoms with Gasteiger partial charge in [-0.05, 0) is 20.8 Å². The molecule has 1 fully saturated rings. The number of ether oxygens (including phenoxy) is 4. The van der Waals surface area contributed by atoms with Crippen molar-refractivity contribution in [2.75, 3.05) is 41.0 Å². The van der Waals surface area contributed by atoms with Crippen molar-refractivity contribution in [1.82, 2.24) is 9.80 Å². The van der Waals surface area contributed by atoms with Gasteiger partial charge in [-0.3, -0.25) is 14.4 Å². The van der Waals surface area contributed by atoms with Crippen molar-refractivity contribution in [3.05, 3.63) is 29.8 Å². The molecule has 0 spiro atoms. The molecule has 1 aromatic carbocycles. The first kappa shape index (κ1) is 24.0. The Labute approximate surface area is 182 Å². The summed E-state index contributed by atoms with van der Waals surface area (Å²) in [6.45, 7) is 8.55. The topological polar surface area (TPSA) is 94.6 Å². The summed E-state index contributed by atoms with van der Waals surface area (Å²) in [5, 5.41) is 0. The average Bonchev–Trinajstić information content (AvgIpc) is 2.78. The number of methoxy groups -OCH3 is 3. The van der Waals surface area contributed by atoms with Crippen LogP contribution in [-0.2, 0) is 25.7 Å². The lowest BCUT2D eigenvalue weighted by Crippen LogP contribution is -2.42. The van der Waals surface area contributed by atoms with Gasteiger partial charge < -0.3 is 28.7 Å². The van der Waals surface area contributed by atoms with E-state index in [1.807, 2.05) is 0 Å². The number of carbonyl (C=O) groups is 3. The van der Waals surface area contributed by atoms with Crippen LogP contribution in [0.25, 0.3) is 0 Å². The maximum absolute atomic E-state index is 12.9. The highest BCUT2D eigenvalue weighted by Gasteiger charge is 2.32. The fourth-order valence-electron chi connectivity index (χ4n) is 3.17. The average molecular weight is 434 g/mol. The van der Waals surface area contributed by atoms with Crippen LogP contribution >= 0.6 is 0 Å². The first-order valence-corrected chi connectivity index (χ1v) is 9.74. The summed E-state index contributed by atoms with van der Waals surface area (Å²) in [6, 6.07) is 3.38. The highest BCUT2D eigenvalue weighted by Crippen LogP contribution is 2.35. The quantitative estimate of drug-likeness (QED) is 0.477. The normalized spacial score (nSPS) is 15.0. The Morgan fingerprint density at radius 2 is 1.58 bits per heavy atom. The van der Waals surface area contributed by atoms with Gasteiger partial charge in [0.2, 0.25) is 5.91 Å². The molecule has 1 saturated heterocycles. The van der Waals surface area contributed by atoms with E-state index in [1.54, 1.807) is 32.9 Å². The predicted octanol–water partition coefficient (Wildman–Crippen LogP) is 1.78. The molecule has 1 aromatic rings. The molecule has 1 aliphatic heterocycles. The zero-order valence-electron chi connectivity index (χ0n) is 18.9. The highest BCUT2D eigenvalue weighted by molar-refractivity contribution is 5.99. The summed E-state index contributed by atoms with van der Waals surface area (Å²) < 4.78 is 21.4. The monoisotopic (exact) mass is 434 g/mol. The van der Waals surface area contributed by atoms with E-state index in [0.29, 0.717) is 22.8 Å². The predicted molar refractivity (Wildman–Crippen MR) is 113 cm³/mol. The van der Waals surface area contributed by atoms with Crippen molar-refractivity contribution in [3.8, 4) is 17.2 Å². The molecule has 0 atom stereocenters. The van der Waals surface area contributed by atoms with Gasteiger partial charge in [0.15, 0.2) is 0 Å². The molecule has 170 valence electrons. The maximum Gasteiger partial charge on any atom is 0.326 e. The minimum atomic E-state index is -0.694. The molecule has 2 amide bonds. The van der Waals surface area contributed by atoms with E-state index >= 15 is 0 Å². The molecule has 0 bridgehead atoms. The number of amides is 2. The standard InChI is InChI=1S/C22H30N2O7/c1-14-10-23(11-16-17(29-6)8-15(28-5)9-18(16)30-7)19(25)12-24(21(14)27)13-20(26)31-22(2,3)4/h8-9H,1,10-13H2,2-7H3. The summed E-state index contributed by atoms with van der Waals surface area (Å²) >= 11 is 0. The zero-order chi connectivity index (χ0) is 23.3. The van der Waals surface area contributed by atoms with Crippen LogP contribution in [-0.4, -0.2) is 74.1 Å².